The third-order valence-corrected chi connectivity index (χ3v) is 4.55. The van der Waals surface area contributed by atoms with Gasteiger partial charge >= 0.3 is 0 Å². The molecule has 0 saturated carbocycles. The molecule has 7 heteroatoms. The Bertz CT molecular complexity index is 780. The Kier molecular flexibility index (Phi) is 4.68. The molecule has 1 fully saturated rings. The van der Waals surface area contributed by atoms with Gasteiger partial charge in [0.05, 0.1) is 17.3 Å². The number of hydrogen-bond acceptors (Lipinski definition) is 5. The van der Waals surface area contributed by atoms with E-state index >= 15 is 0 Å². The monoisotopic (exact) mass is 345 g/mol. The number of carbonyl (C=O) groups is 1. The van der Waals surface area contributed by atoms with Crippen molar-refractivity contribution in [1.29, 1.82) is 0 Å². The van der Waals surface area contributed by atoms with E-state index in [2.05, 4.69) is 10.3 Å². The van der Waals surface area contributed by atoms with Gasteiger partial charge in [-0.15, -0.1) is 0 Å². The van der Waals surface area contributed by atoms with Gasteiger partial charge in [-0.2, -0.15) is 0 Å². The number of anilines is 1. The van der Waals surface area contributed by atoms with Crippen molar-refractivity contribution in [1.82, 2.24) is 9.88 Å². The number of aromatic nitrogens is 1. The Morgan fingerprint density at radius 1 is 1.30 bits per heavy atom. The summed E-state index contributed by atoms with van der Waals surface area (Å²) in [6.45, 7) is 0.241. The third-order valence-electron chi connectivity index (χ3n) is 3.17. The van der Waals surface area contributed by atoms with Gasteiger partial charge < -0.3 is 5.32 Å². The topological polar surface area (TPSA) is 45.2 Å². The number of rotatable bonds is 4. The molecule has 23 heavy (non-hydrogen) atoms. The number of thioether (sulfide) groups is 1. The number of benzene rings is 1. The van der Waals surface area contributed by atoms with Crippen LogP contribution in [0.4, 0.5) is 10.1 Å². The second-order valence-corrected chi connectivity index (χ2v) is 6.38. The molecular formula is C16H12FN3OS2. The van der Waals surface area contributed by atoms with Crippen molar-refractivity contribution in [3.05, 3.63) is 65.1 Å². The Morgan fingerprint density at radius 2 is 2.13 bits per heavy atom. The minimum Gasteiger partial charge on any atom is -0.366 e. The van der Waals surface area contributed by atoms with Gasteiger partial charge in [-0.25, -0.2) is 4.39 Å². The Labute approximate surface area is 142 Å². The first-order chi connectivity index (χ1) is 11.1. The molecule has 1 aliphatic rings. The van der Waals surface area contributed by atoms with Crippen LogP contribution in [0.1, 0.15) is 5.56 Å². The number of carbonyl (C=O) groups excluding carboxylic acids is 1. The van der Waals surface area contributed by atoms with Crippen LogP contribution in [0.3, 0.4) is 0 Å². The van der Waals surface area contributed by atoms with E-state index in [4.69, 9.17) is 12.2 Å². The lowest BCUT2D eigenvalue weighted by atomic mass is 10.2. The van der Waals surface area contributed by atoms with E-state index < -0.39 is 0 Å². The van der Waals surface area contributed by atoms with Crippen molar-refractivity contribution in [3.8, 4) is 0 Å². The predicted molar refractivity (Wildman–Crippen MR) is 94.1 cm³/mol. The smallest absolute Gasteiger partial charge is 0.267 e. The van der Waals surface area contributed by atoms with Gasteiger partial charge in [-0.3, -0.25) is 14.7 Å². The summed E-state index contributed by atoms with van der Waals surface area (Å²) in [5, 5.41) is 3.08. The van der Waals surface area contributed by atoms with Crippen LogP contribution in [-0.2, 0) is 4.79 Å². The maximum Gasteiger partial charge on any atom is 0.267 e. The number of amides is 1. The molecular weight excluding hydrogens is 333 g/mol. The zero-order valence-corrected chi connectivity index (χ0v) is 13.5. The van der Waals surface area contributed by atoms with Crippen LogP contribution in [0.15, 0.2) is 53.7 Å². The summed E-state index contributed by atoms with van der Waals surface area (Å²) >= 11 is 6.40. The summed E-state index contributed by atoms with van der Waals surface area (Å²) in [5.74, 6) is -0.606. The molecule has 0 bridgehead atoms. The van der Waals surface area contributed by atoms with Gasteiger partial charge in [0.25, 0.3) is 5.91 Å². The van der Waals surface area contributed by atoms with Crippen LogP contribution in [0.5, 0.6) is 0 Å². The summed E-state index contributed by atoms with van der Waals surface area (Å²) < 4.78 is 14.1. The molecule has 3 rings (SSSR count). The van der Waals surface area contributed by atoms with E-state index in [9.17, 15) is 9.18 Å². The summed E-state index contributed by atoms with van der Waals surface area (Å²) in [4.78, 5) is 18.3. The van der Waals surface area contributed by atoms with E-state index in [0.717, 1.165) is 5.69 Å². The van der Waals surface area contributed by atoms with Crippen molar-refractivity contribution < 1.29 is 9.18 Å². The molecule has 2 heterocycles. The Hall–Kier alpha value is -2.25. The van der Waals surface area contributed by atoms with E-state index in [1.807, 2.05) is 6.07 Å². The van der Waals surface area contributed by atoms with Gasteiger partial charge in [0.15, 0.2) is 0 Å². The zero-order valence-electron chi connectivity index (χ0n) is 11.9. The lowest BCUT2D eigenvalue weighted by molar-refractivity contribution is -0.121. The lowest BCUT2D eigenvalue weighted by Gasteiger charge is -2.15. The van der Waals surface area contributed by atoms with Crippen molar-refractivity contribution in [3.63, 3.8) is 0 Å². The highest BCUT2D eigenvalue weighted by atomic mass is 32.2. The van der Waals surface area contributed by atoms with Crippen LogP contribution >= 0.6 is 24.0 Å². The average molecular weight is 345 g/mol. The first-order valence-electron chi connectivity index (χ1n) is 6.79. The fraction of sp³-hybridized carbons (Fsp3) is 0.0625. The van der Waals surface area contributed by atoms with Gasteiger partial charge in [0.2, 0.25) is 0 Å². The summed E-state index contributed by atoms with van der Waals surface area (Å²) in [6, 6.07) is 9.95. The maximum atomic E-state index is 13.7. The van der Waals surface area contributed by atoms with E-state index in [1.54, 1.807) is 36.7 Å². The van der Waals surface area contributed by atoms with Crippen molar-refractivity contribution in [2.45, 2.75) is 0 Å². The zero-order chi connectivity index (χ0) is 16.2. The van der Waals surface area contributed by atoms with E-state index in [1.165, 1.54) is 28.8 Å². The Morgan fingerprint density at radius 3 is 2.87 bits per heavy atom. The lowest BCUT2D eigenvalue weighted by Crippen LogP contribution is -2.33. The van der Waals surface area contributed by atoms with Gasteiger partial charge in [0.1, 0.15) is 10.1 Å². The van der Waals surface area contributed by atoms with Crippen LogP contribution in [0.25, 0.3) is 6.08 Å². The molecule has 0 aliphatic carbocycles. The standard InChI is InChI=1S/C16H12FN3OS2/c17-13-6-2-1-4-11(13)8-14-15(21)20(16(22)23-14)10-19-12-5-3-7-18-9-12/h1-9,19H,10H2/b14-8-. The first kappa shape index (κ1) is 15.6. The number of thiocarbonyl (C=S) groups is 1. The summed E-state index contributed by atoms with van der Waals surface area (Å²) in [6.07, 6.45) is 4.85. The summed E-state index contributed by atoms with van der Waals surface area (Å²) in [5.41, 5.74) is 1.16. The van der Waals surface area contributed by atoms with Crippen LogP contribution in [0, 0.1) is 5.82 Å². The number of pyridine rings is 1. The molecule has 0 radical (unpaired) electrons. The molecule has 1 aromatic carbocycles. The fourth-order valence-corrected chi connectivity index (χ4v) is 3.25. The van der Waals surface area contributed by atoms with Crippen molar-refractivity contribution in [2.24, 2.45) is 0 Å². The fourth-order valence-electron chi connectivity index (χ4n) is 2.01. The van der Waals surface area contributed by atoms with Gasteiger partial charge in [-0.05, 0) is 24.3 Å². The van der Waals surface area contributed by atoms with Crippen LogP contribution in [-0.4, -0.2) is 26.8 Å². The number of halogens is 1. The normalized spacial score (nSPS) is 16.2. The van der Waals surface area contributed by atoms with Gasteiger partial charge in [-0.1, -0.05) is 42.2 Å². The minimum absolute atomic E-state index is 0.236. The van der Waals surface area contributed by atoms with Crippen molar-refractivity contribution >= 4 is 46.0 Å². The van der Waals surface area contributed by atoms with Crippen LogP contribution in [0.2, 0.25) is 0 Å². The molecule has 1 saturated heterocycles. The van der Waals surface area contributed by atoms with Crippen LogP contribution < -0.4 is 5.32 Å². The molecule has 2 aromatic rings. The first-order valence-corrected chi connectivity index (χ1v) is 8.01. The van der Waals surface area contributed by atoms with E-state index in [0.29, 0.717) is 14.8 Å². The molecule has 0 atom stereocenters. The predicted octanol–water partition coefficient (Wildman–Crippen LogP) is 3.49. The number of nitrogens with zero attached hydrogens (tertiary/aromatic N) is 2. The summed E-state index contributed by atoms with van der Waals surface area (Å²) in [7, 11) is 0. The molecule has 0 spiro atoms. The maximum absolute atomic E-state index is 13.7. The molecule has 0 unspecified atom stereocenters. The quantitative estimate of drug-likeness (QED) is 0.679. The Balaban J connectivity index is 1.74. The number of nitrogens with one attached hydrogen (secondary N) is 1. The average Bonchev–Trinajstić information content (AvgIpc) is 2.82. The largest absolute Gasteiger partial charge is 0.366 e. The highest BCUT2D eigenvalue weighted by Gasteiger charge is 2.31. The molecule has 1 aliphatic heterocycles. The molecule has 1 aromatic heterocycles. The van der Waals surface area contributed by atoms with E-state index in [-0.39, 0.29) is 18.4 Å². The number of hydrogen-bond donors (Lipinski definition) is 1. The van der Waals surface area contributed by atoms with Gasteiger partial charge in [0, 0.05) is 18.0 Å². The highest BCUT2D eigenvalue weighted by molar-refractivity contribution is 8.26. The second-order valence-electron chi connectivity index (χ2n) is 4.71. The third kappa shape index (κ3) is 3.57. The SMILES string of the molecule is O=C1/C(=C/c2ccccc2F)SC(=S)N1CNc1cccnc1. The second kappa shape index (κ2) is 6.89. The van der Waals surface area contributed by atoms with Crippen molar-refractivity contribution in [2.75, 3.05) is 12.0 Å². The minimum atomic E-state index is -0.369. The molecule has 116 valence electrons. The molecule has 4 nitrogen and oxygen atoms in total. The molecule has 1 amide bonds. The molecule has 1 N–H and O–H groups in total. The highest BCUT2D eigenvalue weighted by Crippen LogP contribution is 2.32.